The minimum atomic E-state index is -1.17. The van der Waals surface area contributed by atoms with Crippen molar-refractivity contribution in [3.8, 4) is 0 Å². The molecular formula is C28H59N3O5. The summed E-state index contributed by atoms with van der Waals surface area (Å²) >= 11 is 0. The molecule has 216 valence electrons. The molecule has 0 aliphatic carbocycles. The Kier molecular flexibility index (Phi) is 33.8. The lowest BCUT2D eigenvalue weighted by atomic mass is 10.0. The number of unbranched alkanes of at least 4 members (excludes halogenated alkanes) is 14. The van der Waals surface area contributed by atoms with E-state index in [1.165, 1.54) is 103 Å². The normalized spacial score (nSPS) is 11.2. The van der Waals surface area contributed by atoms with Gasteiger partial charge in [0.15, 0.2) is 0 Å². The van der Waals surface area contributed by atoms with Crippen molar-refractivity contribution in [1.82, 2.24) is 4.90 Å². The Hall–Kier alpha value is -1.67. The van der Waals surface area contributed by atoms with Crippen LogP contribution >= 0.6 is 0 Å². The van der Waals surface area contributed by atoms with E-state index in [0.717, 1.165) is 6.42 Å². The van der Waals surface area contributed by atoms with Crippen LogP contribution < -0.4 is 11.5 Å². The van der Waals surface area contributed by atoms with E-state index < -0.39 is 18.0 Å². The SMILES string of the molecule is CCCCCCCCCCCCCCCCCC(N)=O.CCCN(C)C.NC(CCC(=O)O)C(=O)O. The Balaban J connectivity index is -0.000000561. The number of primary amides is 1. The van der Waals surface area contributed by atoms with Gasteiger partial charge in [0, 0.05) is 12.8 Å². The van der Waals surface area contributed by atoms with Crippen molar-refractivity contribution in [3.63, 3.8) is 0 Å². The predicted octanol–water partition coefficient (Wildman–Crippen LogP) is 5.95. The first-order valence-electron chi connectivity index (χ1n) is 14.2. The van der Waals surface area contributed by atoms with Crippen LogP contribution in [0.3, 0.4) is 0 Å². The number of hydrogen-bond acceptors (Lipinski definition) is 5. The molecule has 6 N–H and O–H groups in total. The van der Waals surface area contributed by atoms with E-state index in [-0.39, 0.29) is 18.7 Å². The standard InChI is InChI=1S/C18H37NO.C5H9NO4.C5H13N/c1-2-3-4-5-6-7-8-9-10-11-12-13-14-15-16-17-18(19)20;6-3(5(9)10)1-2-4(7)8;1-4-5-6(2)3/h2-17H2,1H3,(H2,19,20);3H,1-2,6H2,(H,7,8)(H,9,10);4-5H2,1-3H3. The zero-order chi connectivity index (χ0) is 28.0. The number of aliphatic carboxylic acids is 2. The lowest BCUT2D eigenvalue weighted by Crippen LogP contribution is -2.30. The molecule has 1 atom stereocenters. The van der Waals surface area contributed by atoms with Crippen LogP contribution in [0.25, 0.3) is 0 Å². The molecule has 0 aliphatic heterocycles. The summed E-state index contributed by atoms with van der Waals surface area (Å²) in [6.07, 6.45) is 21.9. The largest absolute Gasteiger partial charge is 0.481 e. The van der Waals surface area contributed by atoms with Gasteiger partial charge in [-0.2, -0.15) is 0 Å². The Bertz CT molecular complexity index is 502. The Morgan fingerprint density at radius 1 is 0.667 bits per heavy atom. The summed E-state index contributed by atoms with van der Waals surface area (Å²) in [5.41, 5.74) is 10.1. The molecule has 8 nitrogen and oxygen atoms in total. The zero-order valence-electron chi connectivity index (χ0n) is 23.9. The van der Waals surface area contributed by atoms with Gasteiger partial charge in [-0.05, 0) is 39.9 Å². The van der Waals surface area contributed by atoms with E-state index in [0.29, 0.717) is 6.42 Å². The van der Waals surface area contributed by atoms with Crippen LogP contribution in [0.4, 0.5) is 0 Å². The molecule has 1 unspecified atom stereocenters. The molecule has 0 aromatic heterocycles. The molecule has 0 aromatic rings. The van der Waals surface area contributed by atoms with Crippen molar-refractivity contribution in [2.24, 2.45) is 11.5 Å². The van der Waals surface area contributed by atoms with Gasteiger partial charge in [0.2, 0.25) is 5.91 Å². The summed E-state index contributed by atoms with van der Waals surface area (Å²) in [6, 6.07) is -1.06. The van der Waals surface area contributed by atoms with Crippen LogP contribution in [0.15, 0.2) is 0 Å². The number of rotatable bonds is 22. The van der Waals surface area contributed by atoms with Crippen LogP contribution in [0.5, 0.6) is 0 Å². The topological polar surface area (TPSA) is 147 Å². The third kappa shape index (κ3) is 42.5. The van der Waals surface area contributed by atoms with Crippen LogP contribution in [0.1, 0.15) is 136 Å². The first-order chi connectivity index (χ1) is 17.1. The molecule has 0 saturated heterocycles. The van der Waals surface area contributed by atoms with E-state index in [9.17, 15) is 14.4 Å². The molecule has 8 heteroatoms. The average Bonchev–Trinajstić information content (AvgIpc) is 2.80. The second-order valence-electron chi connectivity index (χ2n) is 9.85. The molecule has 0 bridgehead atoms. The van der Waals surface area contributed by atoms with Gasteiger partial charge in [-0.1, -0.05) is 104 Å². The van der Waals surface area contributed by atoms with Gasteiger partial charge in [0.1, 0.15) is 6.04 Å². The highest BCUT2D eigenvalue weighted by molar-refractivity contribution is 5.74. The number of hydrogen-bond donors (Lipinski definition) is 4. The number of carboxylic acid groups (broad SMARTS) is 2. The lowest BCUT2D eigenvalue weighted by molar-refractivity contribution is -0.139. The van der Waals surface area contributed by atoms with Gasteiger partial charge < -0.3 is 26.6 Å². The molecule has 0 aliphatic rings. The number of carbonyl (C=O) groups is 3. The lowest BCUT2D eigenvalue weighted by Gasteiger charge is -2.03. The summed E-state index contributed by atoms with van der Waals surface area (Å²) in [5, 5.41) is 16.3. The number of amides is 1. The van der Waals surface area contributed by atoms with Crippen molar-refractivity contribution >= 4 is 17.8 Å². The van der Waals surface area contributed by atoms with Crippen molar-refractivity contribution in [1.29, 1.82) is 0 Å². The van der Waals surface area contributed by atoms with E-state index >= 15 is 0 Å². The molecule has 0 spiro atoms. The van der Waals surface area contributed by atoms with Gasteiger partial charge in [0.05, 0.1) is 0 Å². The first-order valence-corrected chi connectivity index (χ1v) is 14.2. The fourth-order valence-electron chi connectivity index (χ4n) is 3.52. The highest BCUT2D eigenvalue weighted by Gasteiger charge is 2.12. The Labute approximate surface area is 221 Å². The third-order valence-electron chi connectivity index (χ3n) is 5.68. The highest BCUT2D eigenvalue weighted by Crippen LogP contribution is 2.13. The van der Waals surface area contributed by atoms with Crippen LogP contribution in [0, 0.1) is 0 Å². The van der Waals surface area contributed by atoms with Crippen LogP contribution in [-0.4, -0.2) is 59.6 Å². The second-order valence-corrected chi connectivity index (χ2v) is 9.85. The maximum absolute atomic E-state index is 10.6. The quantitative estimate of drug-likeness (QED) is 0.130. The third-order valence-corrected chi connectivity index (χ3v) is 5.68. The van der Waals surface area contributed by atoms with Crippen molar-refractivity contribution in [2.75, 3.05) is 20.6 Å². The molecule has 0 radical (unpaired) electrons. The molecule has 0 saturated carbocycles. The maximum atomic E-state index is 10.6. The zero-order valence-corrected chi connectivity index (χ0v) is 23.9. The minimum absolute atomic E-state index is 0.0231. The Morgan fingerprint density at radius 3 is 1.31 bits per heavy atom. The minimum Gasteiger partial charge on any atom is -0.481 e. The fraction of sp³-hybridized carbons (Fsp3) is 0.893. The maximum Gasteiger partial charge on any atom is 0.320 e. The van der Waals surface area contributed by atoms with Crippen LogP contribution in [0.2, 0.25) is 0 Å². The van der Waals surface area contributed by atoms with Crippen molar-refractivity contribution in [3.05, 3.63) is 0 Å². The second kappa shape index (κ2) is 31.4. The number of carboxylic acids is 2. The number of nitrogens with zero attached hydrogens (tertiary/aromatic N) is 1. The van der Waals surface area contributed by atoms with Gasteiger partial charge in [-0.3, -0.25) is 14.4 Å². The van der Waals surface area contributed by atoms with Crippen molar-refractivity contribution < 1.29 is 24.6 Å². The monoisotopic (exact) mass is 517 g/mol. The summed E-state index contributed by atoms with van der Waals surface area (Å²) in [7, 11) is 4.17. The van der Waals surface area contributed by atoms with E-state index in [1.807, 2.05) is 0 Å². The summed E-state index contributed by atoms with van der Waals surface area (Å²) in [5.74, 6) is -2.35. The molecule has 0 heterocycles. The molecule has 36 heavy (non-hydrogen) atoms. The Morgan fingerprint density at radius 2 is 1.06 bits per heavy atom. The van der Waals surface area contributed by atoms with Gasteiger partial charge in [-0.25, -0.2) is 0 Å². The first kappa shape index (κ1) is 38.9. The molecule has 0 fully saturated rings. The number of nitrogens with two attached hydrogens (primary N) is 2. The highest BCUT2D eigenvalue weighted by atomic mass is 16.4. The molecule has 0 aromatic carbocycles. The van der Waals surface area contributed by atoms with E-state index in [4.69, 9.17) is 21.7 Å². The smallest absolute Gasteiger partial charge is 0.320 e. The van der Waals surface area contributed by atoms with E-state index in [2.05, 4.69) is 32.8 Å². The van der Waals surface area contributed by atoms with Gasteiger partial charge in [0.25, 0.3) is 0 Å². The van der Waals surface area contributed by atoms with Crippen LogP contribution in [-0.2, 0) is 14.4 Å². The van der Waals surface area contributed by atoms with Gasteiger partial charge >= 0.3 is 11.9 Å². The van der Waals surface area contributed by atoms with E-state index in [1.54, 1.807) is 0 Å². The molecule has 1 amide bonds. The molecule has 0 rings (SSSR count). The number of carbonyl (C=O) groups excluding carboxylic acids is 1. The predicted molar refractivity (Wildman–Crippen MR) is 150 cm³/mol. The summed E-state index contributed by atoms with van der Waals surface area (Å²) in [4.78, 5) is 32.6. The fourth-order valence-corrected chi connectivity index (χ4v) is 3.52. The average molecular weight is 518 g/mol. The molecular weight excluding hydrogens is 458 g/mol. The van der Waals surface area contributed by atoms with Crippen molar-refractivity contribution in [2.45, 2.75) is 142 Å². The summed E-state index contributed by atoms with van der Waals surface area (Å²) < 4.78 is 0. The summed E-state index contributed by atoms with van der Waals surface area (Å²) in [6.45, 7) is 5.66. The van der Waals surface area contributed by atoms with Gasteiger partial charge in [-0.15, -0.1) is 0 Å².